The molecule has 3 aromatic rings. The summed E-state index contributed by atoms with van der Waals surface area (Å²) in [6.45, 7) is 4.09. The molecule has 4 rings (SSSR count). The molecule has 1 fully saturated rings. The topological polar surface area (TPSA) is 77.1 Å². The van der Waals surface area contributed by atoms with Crippen LogP contribution in [0.5, 0.6) is 0 Å². The van der Waals surface area contributed by atoms with Crippen LogP contribution in [0.2, 0.25) is 0 Å². The summed E-state index contributed by atoms with van der Waals surface area (Å²) in [6.07, 6.45) is -1.72. The number of aromatic nitrogens is 4. The normalized spacial score (nSPS) is 17.9. The molecule has 1 aliphatic heterocycles. The molecule has 10 heteroatoms. The molecular weight excluding hydrogens is 387 g/mol. The fourth-order valence-electron chi connectivity index (χ4n) is 3.83. The van der Waals surface area contributed by atoms with Crippen molar-refractivity contribution in [1.29, 1.82) is 0 Å². The third-order valence-electron chi connectivity index (χ3n) is 5.53. The lowest BCUT2D eigenvalue weighted by molar-refractivity contribution is -0.136. The minimum atomic E-state index is -4.55. The summed E-state index contributed by atoms with van der Waals surface area (Å²) in [6, 6.07) is 1.07. The van der Waals surface area contributed by atoms with E-state index in [-0.39, 0.29) is 40.9 Å². The molecule has 0 spiro atoms. The van der Waals surface area contributed by atoms with Crippen molar-refractivity contribution in [2.24, 2.45) is 7.05 Å². The van der Waals surface area contributed by atoms with Gasteiger partial charge in [-0.2, -0.15) is 18.3 Å². The molecule has 0 aliphatic carbocycles. The fraction of sp³-hybridized carbons (Fsp3) is 0.474. The molecule has 4 heterocycles. The van der Waals surface area contributed by atoms with Crippen LogP contribution in [0.25, 0.3) is 11.1 Å². The molecule has 1 amide bonds. The van der Waals surface area contributed by atoms with Gasteiger partial charge in [0.1, 0.15) is 0 Å². The van der Waals surface area contributed by atoms with Gasteiger partial charge in [0.2, 0.25) is 0 Å². The third-order valence-corrected chi connectivity index (χ3v) is 5.53. The first-order valence-corrected chi connectivity index (χ1v) is 9.28. The maximum Gasteiger partial charge on any atom is 0.417 e. The molecule has 1 atom stereocenters. The number of hydrogen-bond acceptors (Lipinski definition) is 5. The minimum Gasteiger partial charge on any atom is -0.338 e. The van der Waals surface area contributed by atoms with Gasteiger partial charge in [0, 0.05) is 31.7 Å². The Bertz CT molecular complexity index is 1090. The maximum atomic E-state index is 13.6. The predicted octanol–water partition coefficient (Wildman–Crippen LogP) is 3.61. The van der Waals surface area contributed by atoms with Crippen LogP contribution in [0.3, 0.4) is 0 Å². The first kappa shape index (κ1) is 19.4. The molecule has 0 aromatic carbocycles. The van der Waals surface area contributed by atoms with Gasteiger partial charge in [-0.15, -0.1) is 0 Å². The van der Waals surface area contributed by atoms with E-state index in [1.807, 2.05) is 0 Å². The first-order chi connectivity index (χ1) is 13.7. The Hall–Kier alpha value is -2.91. The van der Waals surface area contributed by atoms with Crippen LogP contribution in [-0.4, -0.2) is 43.8 Å². The Morgan fingerprint density at radius 3 is 2.72 bits per heavy atom. The van der Waals surface area contributed by atoms with E-state index < -0.39 is 11.7 Å². The second-order valence-electron chi connectivity index (χ2n) is 7.40. The van der Waals surface area contributed by atoms with E-state index in [4.69, 9.17) is 4.52 Å². The highest BCUT2D eigenvalue weighted by Crippen LogP contribution is 2.38. The molecule has 0 bridgehead atoms. The third kappa shape index (κ3) is 3.36. The largest absolute Gasteiger partial charge is 0.417 e. The summed E-state index contributed by atoms with van der Waals surface area (Å²) in [7, 11) is 1.75. The smallest absolute Gasteiger partial charge is 0.338 e. The zero-order valence-corrected chi connectivity index (χ0v) is 16.2. The number of aryl methyl sites for hydroxylation is 2. The van der Waals surface area contributed by atoms with Gasteiger partial charge in [0.05, 0.1) is 34.1 Å². The maximum absolute atomic E-state index is 13.6. The Morgan fingerprint density at radius 2 is 2.07 bits per heavy atom. The molecule has 3 aromatic heterocycles. The monoisotopic (exact) mass is 407 g/mol. The number of likely N-dealkylation sites (tertiary alicyclic amines) is 1. The number of hydrogen-bond donors (Lipinski definition) is 0. The Kier molecular flexibility index (Phi) is 4.59. The number of carbonyl (C=O) groups is 1. The van der Waals surface area contributed by atoms with Crippen molar-refractivity contribution in [2.75, 3.05) is 13.1 Å². The van der Waals surface area contributed by atoms with Crippen molar-refractivity contribution in [2.45, 2.75) is 38.8 Å². The van der Waals surface area contributed by atoms with Crippen LogP contribution < -0.4 is 0 Å². The van der Waals surface area contributed by atoms with Crippen molar-refractivity contribution in [3.05, 3.63) is 40.5 Å². The molecule has 0 radical (unpaired) electrons. The van der Waals surface area contributed by atoms with Gasteiger partial charge < -0.3 is 9.42 Å². The van der Waals surface area contributed by atoms with Crippen LogP contribution in [0.4, 0.5) is 13.2 Å². The van der Waals surface area contributed by atoms with Crippen LogP contribution in [-0.2, 0) is 13.2 Å². The lowest BCUT2D eigenvalue weighted by atomic mass is 9.92. The molecule has 0 saturated carbocycles. The van der Waals surface area contributed by atoms with Gasteiger partial charge in [-0.05, 0) is 32.8 Å². The first-order valence-electron chi connectivity index (χ1n) is 9.28. The van der Waals surface area contributed by atoms with Gasteiger partial charge in [-0.3, -0.25) is 9.48 Å². The second-order valence-corrected chi connectivity index (χ2v) is 7.40. The van der Waals surface area contributed by atoms with E-state index in [1.54, 1.807) is 23.6 Å². The zero-order chi connectivity index (χ0) is 20.9. The number of halogens is 3. The van der Waals surface area contributed by atoms with E-state index in [0.717, 1.165) is 11.8 Å². The number of alkyl halides is 3. The summed E-state index contributed by atoms with van der Waals surface area (Å²) in [5.74, 6) is -0.492. The lowest BCUT2D eigenvalue weighted by Crippen LogP contribution is -2.39. The summed E-state index contributed by atoms with van der Waals surface area (Å²) in [4.78, 5) is 18.9. The van der Waals surface area contributed by atoms with Crippen LogP contribution in [0.1, 0.15) is 51.8 Å². The van der Waals surface area contributed by atoms with Gasteiger partial charge in [-0.25, -0.2) is 4.98 Å². The van der Waals surface area contributed by atoms with E-state index in [0.29, 0.717) is 24.9 Å². The highest BCUT2D eigenvalue weighted by Gasteiger charge is 2.37. The number of carbonyl (C=O) groups excluding carboxylic acids is 1. The SMILES string of the molecule is Cc1noc2nc([C@@H]3CCCN(C(=O)c4cnn(C)c4C)C3)cc(C(F)(F)F)c12. The highest BCUT2D eigenvalue weighted by molar-refractivity contribution is 5.95. The second kappa shape index (κ2) is 6.85. The number of fused-ring (bicyclic) bond motifs is 1. The highest BCUT2D eigenvalue weighted by atomic mass is 19.4. The van der Waals surface area contributed by atoms with Gasteiger partial charge in [-0.1, -0.05) is 5.16 Å². The summed E-state index contributed by atoms with van der Waals surface area (Å²) < 4.78 is 47.5. The van der Waals surface area contributed by atoms with Gasteiger partial charge in [0.15, 0.2) is 0 Å². The van der Waals surface area contributed by atoms with Crippen molar-refractivity contribution < 1.29 is 22.5 Å². The summed E-state index contributed by atoms with van der Waals surface area (Å²) in [5.41, 5.74) is 0.730. The van der Waals surface area contributed by atoms with E-state index in [2.05, 4.69) is 15.2 Å². The van der Waals surface area contributed by atoms with E-state index in [1.165, 1.54) is 13.1 Å². The Balaban J connectivity index is 1.67. The molecule has 0 unspecified atom stereocenters. The van der Waals surface area contributed by atoms with Crippen LogP contribution in [0, 0.1) is 13.8 Å². The molecule has 0 N–H and O–H groups in total. The quantitative estimate of drug-likeness (QED) is 0.649. The van der Waals surface area contributed by atoms with Crippen molar-refractivity contribution in [3.8, 4) is 0 Å². The average Bonchev–Trinajstić information content (AvgIpc) is 3.22. The zero-order valence-electron chi connectivity index (χ0n) is 16.2. The molecule has 29 heavy (non-hydrogen) atoms. The molecule has 1 saturated heterocycles. The summed E-state index contributed by atoms with van der Waals surface area (Å²) in [5, 5.41) is 7.62. The Morgan fingerprint density at radius 1 is 1.31 bits per heavy atom. The van der Waals surface area contributed by atoms with Crippen molar-refractivity contribution in [1.82, 2.24) is 24.8 Å². The van der Waals surface area contributed by atoms with Crippen LogP contribution in [0.15, 0.2) is 16.8 Å². The summed E-state index contributed by atoms with van der Waals surface area (Å²) >= 11 is 0. The number of amides is 1. The number of pyridine rings is 1. The van der Waals surface area contributed by atoms with Gasteiger partial charge in [0.25, 0.3) is 11.6 Å². The predicted molar refractivity (Wildman–Crippen MR) is 97.4 cm³/mol. The number of nitrogens with zero attached hydrogens (tertiary/aromatic N) is 5. The average molecular weight is 407 g/mol. The number of piperidine rings is 1. The Labute approximate surface area is 164 Å². The van der Waals surface area contributed by atoms with Gasteiger partial charge >= 0.3 is 6.18 Å². The van der Waals surface area contributed by atoms with Crippen molar-refractivity contribution in [3.63, 3.8) is 0 Å². The molecule has 1 aliphatic rings. The molecular formula is C19H20F3N5O2. The molecule has 154 valence electrons. The fourth-order valence-corrected chi connectivity index (χ4v) is 3.83. The van der Waals surface area contributed by atoms with E-state index >= 15 is 0 Å². The van der Waals surface area contributed by atoms with Crippen molar-refractivity contribution >= 4 is 17.0 Å². The standard InChI is InChI=1S/C19H20F3N5O2/c1-10-16-14(19(20,21)22)7-15(24-17(16)29-25-10)12-5-4-6-27(9-12)18(28)13-8-23-26(3)11(13)2/h7-8,12H,4-6,9H2,1-3H3/t12-/m1/s1. The minimum absolute atomic E-state index is 0.115. The van der Waals surface area contributed by atoms with Crippen LogP contribution >= 0.6 is 0 Å². The molecule has 7 nitrogen and oxygen atoms in total. The number of rotatable bonds is 2. The van der Waals surface area contributed by atoms with E-state index in [9.17, 15) is 18.0 Å². The lowest BCUT2D eigenvalue weighted by Gasteiger charge is -2.32.